The van der Waals surface area contributed by atoms with Gasteiger partial charge in [0.2, 0.25) is 29.5 Å². The fourth-order valence-corrected chi connectivity index (χ4v) is 9.84. The van der Waals surface area contributed by atoms with Gasteiger partial charge in [-0.15, -0.1) is 0 Å². The van der Waals surface area contributed by atoms with Gasteiger partial charge in [-0.2, -0.15) is 5.10 Å². The van der Waals surface area contributed by atoms with Crippen LogP contribution < -0.4 is 53.3 Å². The lowest BCUT2D eigenvalue weighted by atomic mass is 10.1. The van der Waals surface area contributed by atoms with Crippen molar-refractivity contribution in [2.24, 2.45) is 5.10 Å². The van der Waals surface area contributed by atoms with Gasteiger partial charge in [-0.3, -0.25) is 43.8 Å². The van der Waals surface area contributed by atoms with E-state index in [1.165, 1.54) is 20.4 Å². The molecule has 0 saturated heterocycles. The number of urea groups is 2. The standard InChI is InChI=1S/C76H129N13O32/c1-56(2)87-88-62-18-15-57(53-82-62)70(97)81-28-34-115-40-46-121-52-49-118-43-37-112-31-23-67(94)89(54-65(92)79-26-32-113-38-44-119-50-47-116-41-35-110-29-21-63(90)77-24-11-9-13-58(71(98)106-5)83-75(102)85-60(73(100)108-7)16-19-68(95)104-3)55-66(93)80-27-33-114-39-45-120-51-48-117-42-36-111-30-22-64(91)78-25-12-10-14-59(72(99)107-6)84-76(103)86-61(74(101)109-8)17-20-69(96)105-4/h15,18,53,58-61H,9-14,16-17,19-52,54-55H2,1-8H3,(H,77,90)(H,78,91)(H,79,92)(H,80,93)(H,81,97)(H,82,88)(H2,83,85,102)(H2,84,86,103)/t58-,59-,60-,61-/m0/s1. The molecular formula is C76H129N13O32. The summed E-state index contributed by atoms with van der Waals surface area (Å²) in [7, 11) is 6.96. The van der Waals surface area contributed by atoms with Crippen LogP contribution in [0.25, 0.3) is 0 Å². The van der Waals surface area contributed by atoms with Gasteiger partial charge in [0, 0.05) is 70.3 Å². The molecule has 0 aliphatic carbocycles. The number of hydrogen-bond donors (Lipinski definition) is 10. The first-order chi connectivity index (χ1) is 58.5. The number of aromatic nitrogens is 1. The first-order valence-corrected chi connectivity index (χ1v) is 39.9. The maximum atomic E-state index is 13.4. The van der Waals surface area contributed by atoms with E-state index in [9.17, 15) is 67.1 Å². The van der Waals surface area contributed by atoms with E-state index in [2.05, 4.69) is 72.8 Å². The normalized spacial score (nSPS) is 11.8. The van der Waals surface area contributed by atoms with E-state index in [1.54, 1.807) is 12.1 Å². The Morgan fingerprint density at radius 2 is 0.645 bits per heavy atom. The molecule has 10 amide bonds. The number of pyridine rings is 1. The van der Waals surface area contributed by atoms with Crippen molar-refractivity contribution in [2.45, 2.75) is 121 Å². The van der Waals surface area contributed by atoms with Gasteiger partial charge >= 0.3 is 47.9 Å². The summed E-state index contributed by atoms with van der Waals surface area (Å²) >= 11 is 0. The fraction of sp³-hybridized carbons (Fsp3) is 0.737. The summed E-state index contributed by atoms with van der Waals surface area (Å²) in [5.41, 5.74) is 4.02. The summed E-state index contributed by atoms with van der Waals surface area (Å²) in [6.07, 6.45) is 3.13. The van der Waals surface area contributed by atoms with Crippen LogP contribution in [0.3, 0.4) is 0 Å². The molecule has 0 unspecified atom stereocenters. The van der Waals surface area contributed by atoms with Crippen molar-refractivity contribution in [1.29, 1.82) is 0 Å². The predicted octanol–water partition coefficient (Wildman–Crippen LogP) is -1.71. The van der Waals surface area contributed by atoms with Gasteiger partial charge < -0.3 is 138 Å². The molecule has 1 rings (SSSR count). The minimum absolute atomic E-state index is 0.0180. The molecule has 45 nitrogen and oxygen atoms in total. The molecule has 1 heterocycles. The highest BCUT2D eigenvalue weighted by molar-refractivity contribution is 5.94. The van der Waals surface area contributed by atoms with E-state index in [-0.39, 0.29) is 240 Å². The summed E-state index contributed by atoms with van der Waals surface area (Å²) in [5, 5.41) is 27.5. The highest BCUT2D eigenvalue weighted by Crippen LogP contribution is 2.10. The molecule has 45 heteroatoms. The highest BCUT2D eigenvalue weighted by atomic mass is 16.6. The number of carbonyl (C=O) groups is 14. The number of ether oxygens (including phenoxy) is 18. The number of nitrogens with zero attached hydrogens (tertiary/aromatic N) is 3. The van der Waals surface area contributed by atoms with Gasteiger partial charge in [-0.1, -0.05) is 0 Å². The van der Waals surface area contributed by atoms with E-state index in [0.29, 0.717) is 63.4 Å². The monoisotopic (exact) mass is 1740 g/mol. The zero-order valence-corrected chi connectivity index (χ0v) is 71.1. The Bertz CT molecular complexity index is 2980. The number of rotatable bonds is 76. The van der Waals surface area contributed by atoms with Gasteiger partial charge in [0.05, 0.1) is 213 Å². The molecule has 1 aromatic heterocycles. The maximum absolute atomic E-state index is 13.4. The lowest BCUT2D eigenvalue weighted by Crippen LogP contribution is -2.51. The number of carbonyl (C=O) groups excluding carboxylic acids is 14. The largest absolute Gasteiger partial charge is 0.469 e. The Hall–Kier alpha value is -9.68. The number of nitrogens with one attached hydrogen (secondary N) is 10. The quantitative estimate of drug-likeness (QED) is 0.0114. The van der Waals surface area contributed by atoms with Gasteiger partial charge in [0.15, 0.2) is 0 Å². The predicted molar refractivity (Wildman–Crippen MR) is 428 cm³/mol. The summed E-state index contributed by atoms with van der Waals surface area (Å²) < 4.78 is 94.6. The van der Waals surface area contributed by atoms with Crippen molar-refractivity contribution >= 4 is 94.9 Å². The third-order valence-corrected chi connectivity index (χ3v) is 16.2. The molecule has 0 bridgehead atoms. The zero-order chi connectivity index (χ0) is 89.1. The van der Waals surface area contributed by atoms with Gasteiger partial charge in [-0.05, 0) is 77.3 Å². The maximum Gasteiger partial charge on any atom is 0.328 e. The lowest BCUT2D eigenvalue weighted by Gasteiger charge is -2.22. The number of esters is 6. The lowest BCUT2D eigenvalue weighted by molar-refractivity contribution is -0.146. The molecule has 0 radical (unpaired) electrons. The molecule has 10 N–H and O–H groups in total. The Morgan fingerprint density at radius 1 is 0.339 bits per heavy atom. The SMILES string of the molecule is COC(=O)CC[C@H](NC(=O)N[C@@H](CCCCNC(=O)CCOCCOCCOCCOCCNC(=O)CN(CC(=O)NCCOCCOCCOCCOCCC(=O)NCCCC[C@H](NC(=O)N[C@@H](CCC(=O)OC)C(=O)OC)C(=O)OC)C(=O)CCOCCOCCOCCOCCNC(=O)c1ccc(NN=C(C)C)nc1)C(=O)OC)C(=O)OC. The average Bonchev–Trinajstić information content (AvgIpc) is 0.901. The van der Waals surface area contributed by atoms with Crippen LogP contribution in [0, 0.1) is 0 Å². The van der Waals surface area contributed by atoms with Crippen molar-refractivity contribution in [2.75, 3.05) is 252 Å². The zero-order valence-electron chi connectivity index (χ0n) is 71.1. The van der Waals surface area contributed by atoms with Crippen molar-refractivity contribution in [3.8, 4) is 0 Å². The summed E-state index contributed by atoms with van der Waals surface area (Å²) in [6, 6.07) is -2.85. The van der Waals surface area contributed by atoms with E-state index < -0.39 is 103 Å². The number of hydrazone groups is 1. The Kier molecular flexibility index (Phi) is 67.0. The second-order valence-corrected chi connectivity index (χ2v) is 25.9. The summed E-state index contributed by atoms with van der Waals surface area (Å²) in [5.74, 6) is -6.03. The van der Waals surface area contributed by atoms with Gasteiger partial charge in [-0.25, -0.2) is 33.8 Å². The molecule has 690 valence electrons. The van der Waals surface area contributed by atoms with Crippen LogP contribution in [0.15, 0.2) is 23.4 Å². The number of hydrogen-bond acceptors (Lipinski definition) is 35. The molecule has 0 aliphatic rings. The first kappa shape index (κ1) is 109. The van der Waals surface area contributed by atoms with E-state index in [1.807, 2.05) is 13.8 Å². The number of unbranched alkanes of at least 4 members (excludes halogenated alkanes) is 2. The van der Waals surface area contributed by atoms with Gasteiger partial charge in [0.25, 0.3) is 5.91 Å². The van der Waals surface area contributed by atoms with Crippen molar-refractivity contribution in [1.82, 2.24) is 57.7 Å². The van der Waals surface area contributed by atoms with E-state index >= 15 is 0 Å². The Morgan fingerprint density at radius 3 is 0.959 bits per heavy atom. The molecule has 0 aromatic carbocycles. The Labute approximate surface area is 705 Å². The minimum Gasteiger partial charge on any atom is -0.469 e. The second-order valence-electron chi connectivity index (χ2n) is 25.9. The number of methoxy groups -OCH3 is 6. The summed E-state index contributed by atoms with van der Waals surface area (Å²) in [6.45, 7) is 9.12. The van der Waals surface area contributed by atoms with Crippen molar-refractivity contribution in [3.63, 3.8) is 0 Å². The molecule has 1 aromatic rings. The first-order valence-electron chi connectivity index (χ1n) is 39.9. The minimum atomic E-state index is -1.17. The van der Waals surface area contributed by atoms with Crippen LogP contribution in [0.2, 0.25) is 0 Å². The molecular weight excluding hydrogens is 1610 g/mol. The Balaban J connectivity index is 2.41. The molecule has 0 saturated carbocycles. The highest BCUT2D eigenvalue weighted by Gasteiger charge is 2.29. The van der Waals surface area contributed by atoms with E-state index in [0.717, 1.165) is 39.1 Å². The summed E-state index contributed by atoms with van der Waals surface area (Å²) in [4.78, 5) is 179. The fourth-order valence-electron chi connectivity index (χ4n) is 9.84. The second kappa shape index (κ2) is 74.2. The van der Waals surface area contributed by atoms with Crippen LogP contribution in [0.4, 0.5) is 15.4 Å². The topological polar surface area (TPSA) is 554 Å². The third-order valence-electron chi connectivity index (χ3n) is 16.2. The average molecular weight is 1740 g/mol. The van der Waals surface area contributed by atoms with Gasteiger partial charge in [0.1, 0.15) is 43.1 Å². The van der Waals surface area contributed by atoms with E-state index in [4.69, 9.17) is 75.8 Å². The van der Waals surface area contributed by atoms with Crippen molar-refractivity contribution in [3.05, 3.63) is 23.9 Å². The van der Waals surface area contributed by atoms with Crippen molar-refractivity contribution < 1.29 is 152 Å². The molecule has 0 aliphatic heterocycles. The molecule has 0 spiro atoms. The molecule has 121 heavy (non-hydrogen) atoms. The van der Waals surface area contributed by atoms with Crippen LogP contribution >= 0.6 is 0 Å². The molecule has 0 fully saturated rings. The van der Waals surface area contributed by atoms with Crippen LogP contribution in [-0.4, -0.2) is 370 Å². The number of amides is 10. The number of anilines is 1. The third kappa shape index (κ3) is 61.3. The van der Waals surface area contributed by atoms with Crippen LogP contribution in [0.1, 0.15) is 108 Å². The van der Waals surface area contributed by atoms with Crippen LogP contribution in [-0.2, 0) is 138 Å². The van der Waals surface area contributed by atoms with Crippen LogP contribution in [0.5, 0.6) is 0 Å². The smallest absolute Gasteiger partial charge is 0.328 e. The molecule has 4 atom stereocenters.